The molecule has 0 N–H and O–H groups in total. The summed E-state index contributed by atoms with van der Waals surface area (Å²) in [6.45, 7) is 4.04. The summed E-state index contributed by atoms with van der Waals surface area (Å²) in [6.07, 6.45) is 11.5. The standard InChI is InChI=1S/C24H36N2O4/c27-21(25-4-1-2-5-25)14-29-20-3-6-30-24(13-20)15-26(16-24)22(28)23-10-17-7-18(11-23)9-19(8-17)12-23/h17-20H,1-16H2/t17?,18?,19?,20-,23?/m0/s1. The molecular weight excluding hydrogens is 380 g/mol. The Bertz CT molecular complexity index is 675. The van der Waals surface area contributed by atoms with Crippen LogP contribution in [0.2, 0.25) is 0 Å². The van der Waals surface area contributed by atoms with Crippen molar-refractivity contribution < 1.29 is 19.1 Å². The van der Waals surface area contributed by atoms with Gasteiger partial charge in [-0.2, -0.15) is 0 Å². The highest BCUT2D eigenvalue weighted by Gasteiger charge is 2.59. The molecular formula is C24H36N2O4. The molecule has 7 rings (SSSR count). The molecule has 0 radical (unpaired) electrons. The van der Waals surface area contributed by atoms with Crippen LogP contribution in [0, 0.1) is 23.2 Å². The van der Waals surface area contributed by atoms with E-state index in [0.717, 1.165) is 75.8 Å². The van der Waals surface area contributed by atoms with Gasteiger partial charge in [0.05, 0.1) is 24.6 Å². The van der Waals surface area contributed by atoms with E-state index in [0.29, 0.717) is 25.6 Å². The van der Waals surface area contributed by atoms with Gasteiger partial charge in [-0.1, -0.05) is 0 Å². The van der Waals surface area contributed by atoms with Crippen LogP contribution in [0.5, 0.6) is 0 Å². The number of likely N-dealkylation sites (tertiary alicyclic amines) is 2. The van der Waals surface area contributed by atoms with Gasteiger partial charge in [0.1, 0.15) is 12.2 Å². The predicted octanol–water partition coefficient (Wildman–Crippen LogP) is 2.60. The van der Waals surface area contributed by atoms with Crippen LogP contribution in [0.4, 0.5) is 0 Å². The molecule has 3 aliphatic heterocycles. The van der Waals surface area contributed by atoms with Crippen molar-refractivity contribution in [2.24, 2.45) is 23.2 Å². The highest BCUT2D eigenvalue weighted by atomic mass is 16.5. The number of hydrogen-bond donors (Lipinski definition) is 0. The molecule has 30 heavy (non-hydrogen) atoms. The van der Waals surface area contributed by atoms with Crippen LogP contribution in [0.1, 0.15) is 64.2 Å². The fourth-order valence-electron chi connectivity index (χ4n) is 8.09. The van der Waals surface area contributed by atoms with E-state index in [-0.39, 0.29) is 29.6 Å². The molecule has 0 aromatic rings. The minimum Gasteiger partial charge on any atom is -0.371 e. The van der Waals surface area contributed by atoms with Gasteiger partial charge in [0.25, 0.3) is 0 Å². The monoisotopic (exact) mass is 416 g/mol. The summed E-state index contributed by atoms with van der Waals surface area (Å²) < 4.78 is 12.2. The van der Waals surface area contributed by atoms with Crippen molar-refractivity contribution in [3.8, 4) is 0 Å². The van der Waals surface area contributed by atoms with E-state index in [1.165, 1.54) is 19.3 Å². The van der Waals surface area contributed by atoms with Gasteiger partial charge in [0, 0.05) is 26.1 Å². The zero-order valence-corrected chi connectivity index (χ0v) is 18.2. The Labute approximate surface area is 179 Å². The van der Waals surface area contributed by atoms with Gasteiger partial charge in [-0.05, 0) is 75.5 Å². The van der Waals surface area contributed by atoms with Crippen LogP contribution < -0.4 is 0 Å². The van der Waals surface area contributed by atoms with Crippen LogP contribution >= 0.6 is 0 Å². The van der Waals surface area contributed by atoms with Crippen molar-refractivity contribution in [3.63, 3.8) is 0 Å². The van der Waals surface area contributed by atoms with E-state index in [9.17, 15) is 9.59 Å². The highest BCUT2D eigenvalue weighted by Crippen LogP contribution is 2.61. The number of amides is 2. The maximum Gasteiger partial charge on any atom is 0.248 e. The van der Waals surface area contributed by atoms with Crippen LogP contribution in [0.25, 0.3) is 0 Å². The van der Waals surface area contributed by atoms with E-state index < -0.39 is 0 Å². The number of hydrogen-bond acceptors (Lipinski definition) is 4. The Morgan fingerprint density at radius 2 is 1.53 bits per heavy atom. The summed E-state index contributed by atoms with van der Waals surface area (Å²) >= 11 is 0. The molecule has 4 saturated carbocycles. The van der Waals surface area contributed by atoms with Crippen molar-refractivity contribution in [2.75, 3.05) is 39.4 Å². The molecule has 166 valence electrons. The van der Waals surface area contributed by atoms with Crippen molar-refractivity contribution in [1.82, 2.24) is 9.80 Å². The Morgan fingerprint density at radius 1 is 0.900 bits per heavy atom. The molecule has 7 aliphatic rings. The van der Waals surface area contributed by atoms with Gasteiger partial charge in [-0.3, -0.25) is 9.59 Å². The second kappa shape index (κ2) is 7.19. The number of ether oxygens (including phenoxy) is 2. The fourth-order valence-corrected chi connectivity index (χ4v) is 8.09. The maximum atomic E-state index is 13.5. The van der Waals surface area contributed by atoms with Crippen LogP contribution in [-0.2, 0) is 19.1 Å². The van der Waals surface area contributed by atoms with Gasteiger partial charge >= 0.3 is 0 Å². The quantitative estimate of drug-likeness (QED) is 0.707. The smallest absolute Gasteiger partial charge is 0.248 e. The van der Waals surface area contributed by atoms with Gasteiger partial charge in [-0.15, -0.1) is 0 Å². The van der Waals surface area contributed by atoms with Gasteiger partial charge in [0.2, 0.25) is 11.8 Å². The van der Waals surface area contributed by atoms with E-state index >= 15 is 0 Å². The first-order valence-corrected chi connectivity index (χ1v) is 12.4. The lowest BCUT2D eigenvalue weighted by atomic mass is 9.49. The normalized spacial score (nSPS) is 41.3. The summed E-state index contributed by atoms with van der Waals surface area (Å²) in [7, 11) is 0. The molecule has 2 amide bonds. The number of carbonyl (C=O) groups excluding carboxylic acids is 2. The Balaban J connectivity index is 1.03. The lowest BCUT2D eigenvalue weighted by Crippen LogP contribution is -2.70. The third-order valence-corrected chi connectivity index (χ3v) is 9.09. The Hall–Kier alpha value is -1.14. The first kappa shape index (κ1) is 19.5. The predicted molar refractivity (Wildman–Crippen MR) is 111 cm³/mol. The molecule has 1 spiro atoms. The molecule has 0 unspecified atom stereocenters. The number of nitrogens with zero attached hydrogens (tertiary/aromatic N) is 2. The topological polar surface area (TPSA) is 59.1 Å². The average molecular weight is 417 g/mol. The molecule has 6 heteroatoms. The van der Waals surface area contributed by atoms with Crippen molar-refractivity contribution in [2.45, 2.75) is 75.9 Å². The SMILES string of the molecule is O=C(CO[C@H]1CCOC2(C1)CN(C(=O)C13CC4CC(CC(C4)C1)C3)C2)N1CCCC1. The highest BCUT2D eigenvalue weighted by molar-refractivity contribution is 5.84. The van der Waals surface area contributed by atoms with Crippen molar-refractivity contribution >= 4 is 11.8 Å². The van der Waals surface area contributed by atoms with Gasteiger partial charge < -0.3 is 19.3 Å². The van der Waals surface area contributed by atoms with E-state index in [1.807, 2.05) is 4.90 Å². The fraction of sp³-hybridized carbons (Fsp3) is 0.917. The lowest BCUT2D eigenvalue weighted by Gasteiger charge is -2.60. The summed E-state index contributed by atoms with van der Waals surface area (Å²) in [4.78, 5) is 29.8. The molecule has 7 fully saturated rings. The van der Waals surface area contributed by atoms with E-state index in [4.69, 9.17) is 9.47 Å². The minimum atomic E-state index is -0.239. The Morgan fingerprint density at radius 3 is 2.17 bits per heavy atom. The molecule has 3 heterocycles. The molecule has 4 aliphatic carbocycles. The average Bonchev–Trinajstić information content (AvgIpc) is 3.24. The minimum absolute atomic E-state index is 0.0525. The molecule has 4 bridgehead atoms. The second-order valence-electron chi connectivity index (χ2n) is 11.4. The van der Waals surface area contributed by atoms with Gasteiger partial charge in [-0.25, -0.2) is 0 Å². The number of rotatable bonds is 4. The van der Waals surface area contributed by atoms with Crippen molar-refractivity contribution in [3.05, 3.63) is 0 Å². The first-order chi connectivity index (χ1) is 14.5. The lowest BCUT2D eigenvalue weighted by molar-refractivity contribution is -0.212. The van der Waals surface area contributed by atoms with Crippen LogP contribution in [0.15, 0.2) is 0 Å². The maximum absolute atomic E-state index is 13.5. The summed E-state index contributed by atoms with van der Waals surface area (Å²) in [6, 6.07) is 0. The zero-order valence-electron chi connectivity index (χ0n) is 18.2. The van der Waals surface area contributed by atoms with Crippen LogP contribution in [0.3, 0.4) is 0 Å². The van der Waals surface area contributed by atoms with Crippen molar-refractivity contribution in [1.29, 1.82) is 0 Å². The zero-order chi connectivity index (χ0) is 20.3. The van der Waals surface area contributed by atoms with Gasteiger partial charge in [0.15, 0.2) is 0 Å². The summed E-state index contributed by atoms with van der Waals surface area (Å²) in [5.74, 6) is 2.94. The first-order valence-electron chi connectivity index (χ1n) is 12.4. The largest absolute Gasteiger partial charge is 0.371 e. The summed E-state index contributed by atoms with van der Waals surface area (Å²) in [5, 5.41) is 0. The molecule has 0 aromatic heterocycles. The molecule has 0 aromatic carbocycles. The van der Waals surface area contributed by atoms with E-state index in [1.54, 1.807) is 0 Å². The third kappa shape index (κ3) is 3.29. The van der Waals surface area contributed by atoms with Crippen LogP contribution in [-0.4, -0.2) is 72.7 Å². The third-order valence-electron chi connectivity index (χ3n) is 9.09. The molecule has 3 saturated heterocycles. The second-order valence-corrected chi connectivity index (χ2v) is 11.4. The Kier molecular flexibility index (Phi) is 4.68. The summed E-state index contributed by atoms with van der Waals surface area (Å²) in [5.41, 5.74) is -0.291. The number of carbonyl (C=O) groups is 2. The molecule has 6 nitrogen and oxygen atoms in total. The molecule has 1 atom stereocenters. The van der Waals surface area contributed by atoms with E-state index in [2.05, 4.69) is 4.90 Å².